The summed E-state index contributed by atoms with van der Waals surface area (Å²) in [5.41, 5.74) is 3.54. The van der Waals surface area contributed by atoms with Gasteiger partial charge in [-0.2, -0.15) is 5.10 Å². The van der Waals surface area contributed by atoms with Crippen molar-refractivity contribution < 1.29 is 9.90 Å². The van der Waals surface area contributed by atoms with Gasteiger partial charge in [0.05, 0.1) is 12.2 Å². The molecule has 1 aromatic carbocycles. The van der Waals surface area contributed by atoms with Crippen molar-refractivity contribution in [1.29, 1.82) is 0 Å². The maximum atomic E-state index is 10.7. The van der Waals surface area contributed by atoms with Gasteiger partial charge in [0.25, 0.3) is 0 Å². The predicted molar refractivity (Wildman–Crippen MR) is 66.0 cm³/mol. The Kier molecular flexibility index (Phi) is 3.46. The molecule has 2 aromatic rings. The number of carbonyl (C=O) groups is 1. The van der Waals surface area contributed by atoms with Crippen molar-refractivity contribution >= 4 is 5.97 Å². The number of benzene rings is 1. The Morgan fingerprint density at radius 2 is 1.94 bits per heavy atom. The standard InChI is InChI=1S/C14H16N2O2/c1-10-13(8-14(17)18)11(2)16(15-10)9-12-6-4-3-5-7-12/h3-7H,8-9H2,1-2H3,(H,17,18)/p-1. The Labute approximate surface area is 106 Å². The van der Waals surface area contributed by atoms with Gasteiger partial charge in [-0.15, -0.1) is 0 Å². The van der Waals surface area contributed by atoms with E-state index in [9.17, 15) is 9.90 Å². The quantitative estimate of drug-likeness (QED) is 0.799. The minimum Gasteiger partial charge on any atom is -0.550 e. The average molecular weight is 243 g/mol. The molecule has 1 heterocycles. The van der Waals surface area contributed by atoms with Crippen molar-refractivity contribution in [2.45, 2.75) is 26.8 Å². The third kappa shape index (κ3) is 2.59. The fraction of sp³-hybridized carbons (Fsp3) is 0.286. The van der Waals surface area contributed by atoms with Crippen molar-refractivity contribution in [2.75, 3.05) is 0 Å². The fourth-order valence-electron chi connectivity index (χ4n) is 2.04. The summed E-state index contributed by atoms with van der Waals surface area (Å²) in [4.78, 5) is 10.7. The number of hydrogen-bond acceptors (Lipinski definition) is 3. The molecule has 0 atom stereocenters. The van der Waals surface area contributed by atoms with Crippen LogP contribution >= 0.6 is 0 Å². The van der Waals surface area contributed by atoms with E-state index in [1.165, 1.54) is 0 Å². The van der Waals surface area contributed by atoms with Crippen LogP contribution in [0.2, 0.25) is 0 Å². The third-order valence-corrected chi connectivity index (χ3v) is 3.03. The van der Waals surface area contributed by atoms with E-state index < -0.39 is 5.97 Å². The zero-order valence-corrected chi connectivity index (χ0v) is 10.5. The van der Waals surface area contributed by atoms with E-state index in [-0.39, 0.29) is 6.42 Å². The lowest BCUT2D eigenvalue weighted by Crippen LogP contribution is -2.24. The number of carbonyl (C=O) groups excluding carboxylic acids is 1. The average Bonchev–Trinajstić information content (AvgIpc) is 2.58. The molecule has 0 bridgehead atoms. The maximum absolute atomic E-state index is 10.7. The molecule has 0 amide bonds. The summed E-state index contributed by atoms with van der Waals surface area (Å²) < 4.78 is 1.84. The van der Waals surface area contributed by atoms with Gasteiger partial charge >= 0.3 is 0 Å². The van der Waals surface area contributed by atoms with Gasteiger partial charge in [-0.3, -0.25) is 4.68 Å². The summed E-state index contributed by atoms with van der Waals surface area (Å²) in [6.07, 6.45) is -0.0769. The van der Waals surface area contributed by atoms with E-state index >= 15 is 0 Å². The van der Waals surface area contributed by atoms with Crippen LogP contribution in [0.3, 0.4) is 0 Å². The van der Waals surface area contributed by atoms with E-state index in [0.717, 1.165) is 22.5 Å². The third-order valence-electron chi connectivity index (χ3n) is 3.03. The smallest absolute Gasteiger partial charge is 0.0662 e. The van der Waals surface area contributed by atoms with Crippen LogP contribution in [0.4, 0.5) is 0 Å². The molecule has 1 aromatic heterocycles. The molecule has 0 spiro atoms. The van der Waals surface area contributed by atoms with Gasteiger partial charge in [0.2, 0.25) is 0 Å². The van der Waals surface area contributed by atoms with Gasteiger partial charge in [-0.25, -0.2) is 0 Å². The summed E-state index contributed by atoms with van der Waals surface area (Å²) in [6, 6.07) is 9.96. The minimum atomic E-state index is -1.07. The maximum Gasteiger partial charge on any atom is 0.0662 e. The summed E-state index contributed by atoms with van der Waals surface area (Å²) in [7, 11) is 0. The Bertz CT molecular complexity index is 559. The first-order valence-corrected chi connectivity index (χ1v) is 5.84. The second-order valence-corrected chi connectivity index (χ2v) is 4.34. The first-order chi connectivity index (χ1) is 8.58. The largest absolute Gasteiger partial charge is 0.550 e. The van der Waals surface area contributed by atoms with Gasteiger partial charge in [-0.05, 0) is 19.4 Å². The van der Waals surface area contributed by atoms with Crippen molar-refractivity contribution in [2.24, 2.45) is 0 Å². The predicted octanol–water partition coefficient (Wildman–Crippen LogP) is 0.841. The summed E-state index contributed by atoms with van der Waals surface area (Å²) in [5, 5.41) is 15.1. The molecule has 0 fully saturated rings. The summed E-state index contributed by atoms with van der Waals surface area (Å²) in [5.74, 6) is -1.07. The highest BCUT2D eigenvalue weighted by atomic mass is 16.4. The number of carboxylic acids is 1. The lowest BCUT2D eigenvalue weighted by molar-refractivity contribution is -0.304. The van der Waals surface area contributed by atoms with Crippen molar-refractivity contribution in [3.8, 4) is 0 Å². The Morgan fingerprint density at radius 3 is 2.56 bits per heavy atom. The molecule has 0 saturated carbocycles. The van der Waals surface area contributed by atoms with E-state index in [2.05, 4.69) is 5.10 Å². The monoisotopic (exact) mass is 243 g/mol. The van der Waals surface area contributed by atoms with E-state index in [1.54, 1.807) is 0 Å². The molecule has 4 nitrogen and oxygen atoms in total. The van der Waals surface area contributed by atoms with Crippen LogP contribution in [0.5, 0.6) is 0 Å². The SMILES string of the molecule is Cc1nn(Cc2ccccc2)c(C)c1CC(=O)[O-]. The fourth-order valence-corrected chi connectivity index (χ4v) is 2.04. The zero-order chi connectivity index (χ0) is 13.1. The molecule has 0 N–H and O–H groups in total. The highest BCUT2D eigenvalue weighted by molar-refractivity contribution is 5.68. The van der Waals surface area contributed by atoms with Crippen LogP contribution in [0.1, 0.15) is 22.5 Å². The molecular weight excluding hydrogens is 228 g/mol. The van der Waals surface area contributed by atoms with Crippen LogP contribution in [-0.4, -0.2) is 15.7 Å². The van der Waals surface area contributed by atoms with E-state index in [4.69, 9.17) is 0 Å². The second kappa shape index (κ2) is 5.04. The lowest BCUT2D eigenvalue weighted by Gasteiger charge is -2.06. The first kappa shape index (κ1) is 12.4. The van der Waals surface area contributed by atoms with E-state index in [1.807, 2.05) is 48.9 Å². The molecule has 2 rings (SSSR count). The molecule has 94 valence electrons. The second-order valence-electron chi connectivity index (χ2n) is 4.34. The topological polar surface area (TPSA) is 58.0 Å². The van der Waals surface area contributed by atoms with Gasteiger partial charge < -0.3 is 9.90 Å². The highest BCUT2D eigenvalue weighted by Crippen LogP contribution is 2.15. The molecule has 0 unspecified atom stereocenters. The number of aromatic nitrogens is 2. The van der Waals surface area contributed by atoms with Crippen LogP contribution in [0.15, 0.2) is 30.3 Å². The molecule has 0 aliphatic carbocycles. The van der Waals surface area contributed by atoms with Crippen molar-refractivity contribution in [3.05, 3.63) is 52.8 Å². The van der Waals surface area contributed by atoms with Crippen LogP contribution < -0.4 is 5.11 Å². The number of aliphatic carboxylic acids is 1. The molecule has 18 heavy (non-hydrogen) atoms. The number of carboxylic acid groups (broad SMARTS) is 1. The molecule has 0 saturated heterocycles. The first-order valence-electron chi connectivity index (χ1n) is 5.84. The van der Waals surface area contributed by atoms with Crippen LogP contribution in [-0.2, 0) is 17.8 Å². The number of aryl methyl sites for hydroxylation is 1. The Hall–Kier alpha value is -2.10. The van der Waals surface area contributed by atoms with Crippen LogP contribution in [0, 0.1) is 13.8 Å². The number of nitrogens with zero attached hydrogens (tertiary/aromatic N) is 2. The normalized spacial score (nSPS) is 10.6. The van der Waals surface area contributed by atoms with Crippen molar-refractivity contribution in [3.63, 3.8) is 0 Å². The Morgan fingerprint density at radius 1 is 1.28 bits per heavy atom. The number of rotatable bonds is 4. The van der Waals surface area contributed by atoms with Gasteiger partial charge in [-0.1, -0.05) is 30.3 Å². The highest BCUT2D eigenvalue weighted by Gasteiger charge is 2.11. The lowest BCUT2D eigenvalue weighted by atomic mass is 10.1. The van der Waals surface area contributed by atoms with E-state index in [0.29, 0.717) is 6.54 Å². The van der Waals surface area contributed by atoms with Gasteiger partial charge in [0.15, 0.2) is 0 Å². The van der Waals surface area contributed by atoms with Crippen molar-refractivity contribution in [1.82, 2.24) is 9.78 Å². The molecule has 0 aliphatic rings. The summed E-state index contributed by atoms with van der Waals surface area (Å²) >= 11 is 0. The molecule has 0 aliphatic heterocycles. The minimum absolute atomic E-state index is 0.0769. The number of hydrogen-bond donors (Lipinski definition) is 0. The zero-order valence-electron chi connectivity index (χ0n) is 10.5. The van der Waals surface area contributed by atoms with Gasteiger partial charge in [0.1, 0.15) is 0 Å². The molecular formula is C14H15N2O2-. The molecule has 4 heteroatoms. The Balaban J connectivity index is 2.27. The van der Waals surface area contributed by atoms with Crippen LogP contribution in [0.25, 0.3) is 0 Å². The summed E-state index contributed by atoms with van der Waals surface area (Å²) in [6.45, 7) is 4.37. The van der Waals surface area contributed by atoms with Gasteiger partial charge in [0, 0.05) is 23.6 Å². The molecule has 0 radical (unpaired) electrons.